The Labute approximate surface area is 123 Å². The van der Waals surface area contributed by atoms with Gasteiger partial charge in [-0.3, -0.25) is 14.6 Å². The summed E-state index contributed by atoms with van der Waals surface area (Å²) in [4.78, 5) is 29.6. The van der Waals surface area contributed by atoms with Crippen LogP contribution in [-0.2, 0) is 14.3 Å². The lowest BCUT2D eigenvalue weighted by molar-refractivity contribution is -0.146. The Morgan fingerprint density at radius 3 is 3.00 bits per heavy atom. The van der Waals surface area contributed by atoms with Crippen molar-refractivity contribution in [3.05, 3.63) is 30.1 Å². The summed E-state index contributed by atoms with van der Waals surface area (Å²) in [5, 5.41) is 9.53. The normalized spacial score (nSPS) is 22.9. The van der Waals surface area contributed by atoms with Gasteiger partial charge in [0.1, 0.15) is 0 Å². The molecular weight excluding hydrogens is 272 g/mol. The summed E-state index contributed by atoms with van der Waals surface area (Å²) < 4.78 is 5.06. The fourth-order valence-electron chi connectivity index (χ4n) is 2.82. The molecule has 1 N–H and O–H groups in total. The van der Waals surface area contributed by atoms with Gasteiger partial charge in [-0.05, 0) is 24.5 Å². The summed E-state index contributed by atoms with van der Waals surface area (Å²) in [6, 6.07) is 3.10. The van der Waals surface area contributed by atoms with Crippen molar-refractivity contribution in [3.8, 4) is 0 Å². The molecule has 0 aromatic carbocycles. The minimum atomic E-state index is -0.874. The van der Waals surface area contributed by atoms with Crippen LogP contribution in [0.2, 0.25) is 0 Å². The van der Waals surface area contributed by atoms with Crippen molar-refractivity contribution < 1.29 is 19.4 Å². The highest BCUT2D eigenvalue weighted by Crippen LogP contribution is 2.35. The second kappa shape index (κ2) is 7.17. The Balaban J connectivity index is 2.39. The molecule has 1 fully saturated rings. The van der Waals surface area contributed by atoms with E-state index in [4.69, 9.17) is 4.74 Å². The number of aliphatic carboxylic acids is 1. The highest BCUT2D eigenvalue weighted by molar-refractivity contribution is 5.79. The molecule has 2 rings (SSSR count). The molecule has 0 aliphatic carbocycles. The zero-order valence-corrected chi connectivity index (χ0v) is 12.1. The maximum atomic E-state index is 12.3. The van der Waals surface area contributed by atoms with E-state index >= 15 is 0 Å². The van der Waals surface area contributed by atoms with Crippen molar-refractivity contribution in [1.82, 2.24) is 9.88 Å². The average molecular weight is 292 g/mol. The fourth-order valence-corrected chi connectivity index (χ4v) is 2.82. The summed E-state index contributed by atoms with van der Waals surface area (Å²) >= 11 is 0. The maximum absolute atomic E-state index is 12.3. The second-order valence-electron chi connectivity index (χ2n) is 5.15. The van der Waals surface area contributed by atoms with E-state index in [1.54, 1.807) is 30.5 Å². The quantitative estimate of drug-likeness (QED) is 0.889. The molecule has 0 bridgehead atoms. The molecule has 1 saturated heterocycles. The van der Waals surface area contributed by atoms with E-state index in [2.05, 4.69) is 4.98 Å². The standard InChI is InChI=1S/C15H20N2O4/c1-21-9-8-17-13(18)6-2-5-12(15(19)20)14(17)11-4-3-7-16-10-11/h3-4,7,10,12,14H,2,5-6,8-9H2,1H3,(H,19,20). The first-order valence-corrected chi connectivity index (χ1v) is 7.06. The summed E-state index contributed by atoms with van der Waals surface area (Å²) in [7, 11) is 1.57. The lowest BCUT2D eigenvalue weighted by atomic mass is 9.90. The summed E-state index contributed by atoms with van der Waals surface area (Å²) in [5.41, 5.74) is 0.760. The average Bonchev–Trinajstić information content (AvgIpc) is 2.65. The van der Waals surface area contributed by atoms with Crippen LogP contribution in [0, 0.1) is 5.92 Å². The molecule has 0 spiro atoms. The molecule has 1 aromatic rings. The van der Waals surface area contributed by atoms with Gasteiger partial charge in [0, 0.05) is 32.5 Å². The van der Waals surface area contributed by atoms with Crippen LogP contribution >= 0.6 is 0 Å². The number of hydrogen-bond donors (Lipinski definition) is 1. The number of carboxylic acids is 1. The molecule has 21 heavy (non-hydrogen) atoms. The van der Waals surface area contributed by atoms with Crippen molar-refractivity contribution >= 4 is 11.9 Å². The Morgan fingerprint density at radius 2 is 2.38 bits per heavy atom. The largest absolute Gasteiger partial charge is 0.481 e. The SMILES string of the molecule is COCCN1C(=O)CCCC(C(=O)O)C1c1cccnc1. The number of pyridine rings is 1. The Kier molecular flexibility index (Phi) is 5.27. The number of hydrogen-bond acceptors (Lipinski definition) is 4. The van der Waals surface area contributed by atoms with E-state index in [0.29, 0.717) is 32.4 Å². The Bertz CT molecular complexity index is 492. The first-order chi connectivity index (χ1) is 10.1. The van der Waals surface area contributed by atoms with E-state index in [-0.39, 0.29) is 5.91 Å². The molecule has 2 heterocycles. The second-order valence-corrected chi connectivity index (χ2v) is 5.15. The molecule has 1 amide bonds. The van der Waals surface area contributed by atoms with Gasteiger partial charge in [-0.15, -0.1) is 0 Å². The molecule has 2 atom stereocenters. The van der Waals surface area contributed by atoms with Crippen molar-refractivity contribution in [2.24, 2.45) is 5.92 Å². The molecule has 0 radical (unpaired) electrons. The van der Waals surface area contributed by atoms with Crippen LogP contribution in [0.25, 0.3) is 0 Å². The highest BCUT2D eigenvalue weighted by atomic mass is 16.5. The maximum Gasteiger partial charge on any atom is 0.308 e. The van der Waals surface area contributed by atoms with Crippen LogP contribution in [0.1, 0.15) is 30.9 Å². The Morgan fingerprint density at radius 1 is 1.57 bits per heavy atom. The van der Waals surface area contributed by atoms with Gasteiger partial charge in [0.2, 0.25) is 5.91 Å². The van der Waals surface area contributed by atoms with Gasteiger partial charge in [0.05, 0.1) is 18.6 Å². The number of nitrogens with zero attached hydrogens (tertiary/aromatic N) is 2. The number of likely N-dealkylation sites (tertiary alicyclic amines) is 1. The third-order valence-electron chi connectivity index (χ3n) is 3.82. The van der Waals surface area contributed by atoms with E-state index < -0.39 is 17.9 Å². The zero-order chi connectivity index (χ0) is 15.2. The molecule has 6 nitrogen and oxygen atoms in total. The number of carboxylic acid groups (broad SMARTS) is 1. The highest BCUT2D eigenvalue weighted by Gasteiger charge is 2.38. The summed E-state index contributed by atoms with van der Waals surface area (Å²) in [6.07, 6.45) is 4.74. The number of methoxy groups -OCH3 is 1. The predicted octanol–water partition coefficient (Wildman–Crippen LogP) is 1.48. The van der Waals surface area contributed by atoms with E-state index in [1.807, 2.05) is 6.07 Å². The molecule has 1 aliphatic rings. The topological polar surface area (TPSA) is 79.7 Å². The molecular formula is C15H20N2O4. The van der Waals surface area contributed by atoms with Gasteiger partial charge >= 0.3 is 5.97 Å². The molecule has 2 unspecified atom stereocenters. The molecule has 0 saturated carbocycles. The van der Waals surface area contributed by atoms with Gasteiger partial charge in [-0.1, -0.05) is 6.07 Å². The molecule has 114 valence electrons. The number of rotatable bonds is 5. The molecule has 1 aromatic heterocycles. The van der Waals surface area contributed by atoms with Crippen molar-refractivity contribution in [2.75, 3.05) is 20.3 Å². The number of amides is 1. The van der Waals surface area contributed by atoms with Gasteiger partial charge in [0.15, 0.2) is 0 Å². The van der Waals surface area contributed by atoms with E-state index in [0.717, 1.165) is 5.56 Å². The number of aromatic nitrogens is 1. The Hall–Kier alpha value is -1.95. The van der Waals surface area contributed by atoms with E-state index in [1.165, 1.54) is 0 Å². The van der Waals surface area contributed by atoms with Crippen molar-refractivity contribution in [1.29, 1.82) is 0 Å². The third-order valence-corrected chi connectivity index (χ3v) is 3.82. The smallest absolute Gasteiger partial charge is 0.308 e. The van der Waals surface area contributed by atoms with Crippen molar-refractivity contribution in [2.45, 2.75) is 25.3 Å². The first-order valence-electron chi connectivity index (χ1n) is 7.06. The van der Waals surface area contributed by atoms with E-state index in [9.17, 15) is 14.7 Å². The minimum absolute atomic E-state index is 0.0235. The fraction of sp³-hybridized carbons (Fsp3) is 0.533. The number of ether oxygens (including phenoxy) is 1. The van der Waals surface area contributed by atoms with Crippen LogP contribution in [0.3, 0.4) is 0 Å². The van der Waals surface area contributed by atoms with Crippen molar-refractivity contribution in [3.63, 3.8) is 0 Å². The third kappa shape index (κ3) is 3.58. The zero-order valence-electron chi connectivity index (χ0n) is 12.1. The lowest BCUT2D eigenvalue weighted by Crippen LogP contribution is -2.40. The van der Waals surface area contributed by atoms with Crippen LogP contribution in [0.15, 0.2) is 24.5 Å². The van der Waals surface area contributed by atoms with Crippen LogP contribution in [0.5, 0.6) is 0 Å². The molecule has 6 heteroatoms. The van der Waals surface area contributed by atoms with Crippen LogP contribution in [-0.4, -0.2) is 47.1 Å². The number of carbonyl (C=O) groups excluding carboxylic acids is 1. The monoisotopic (exact) mass is 292 g/mol. The first kappa shape index (κ1) is 15.4. The lowest BCUT2D eigenvalue weighted by Gasteiger charge is -2.33. The predicted molar refractivity (Wildman–Crippen MR) is 75.5 cm³/mol. The van der Waals surface area contributed by atoms with Gasteiger partial charge < -0.3 is 14.7 Å². The summed E-state index contributed by atoms with van der Waals surface area (Å²) in [5.74, 6) is -1.51. The van der Waals surface area contributed by atoms with Crippen LogP contribution < -0.4 is 0 Å². The summed E-state index contributed by atoms with van der Waals surface area (Å²) in [6.45, 7) is 0.771. The molecule has 1 aliphatic heterocycles. The van der Waals surface area contributed by atoms with Gasteiger partial charge in [-0.2, -0.15) is 0 Å². The van der Waals surface area contributed by atoms with Crippen LogP contribution in [0.4, 0.5) is 0 Å². The van der Waals surface area contributed by atoms with Gasteiger partial charge in [-0.25, -0.2) is 0 Å². The number of carbonyl (C=O) groups is 2. The minimum Gasteiger partial charge on any atom is -0.481 e. The van der Waals surface area contributed by atoms with Gasteiger partial charge in [0.25, 0.3) is 0 Å².